The second-order valence-corrected chi connectivity index (χ2v) is 4.27. The fourth-order valence-corrected chi connectivity index (χ4v) is 1.76. The molecule has 2 aromatic rings. The Hall–Kier alpha value is -2.67. The lowest BCUT2D eigenvalue weighted by atomic mass is 10.2. The van der Waals surface area contributed by atoms with Crippen LogP contribution in [0.4, 0.5) is 5.69 Å². The Kier molecular flexibility index (Phi) is 4.34. The van der Waals surface area contributed by atoms with Gasteiger partial charge in [0.15, 0.2) is 0 Å². The molecule has 0 spiro atoms. The molecule has 0 aliphatic heterocycles. The Morgan fingerprint density at radius 1 is 1.38 bits per heavy atom. The van der Waals surface area contributed by atoms with Crippen molar-refractivity contribution in [1.29, 1.82) is 0 Å². The molecular formula is C14H14N2O5. The van der Waals surface area contributed by atoms with Crippen LogP contribution >= 0.6 is 0 Å². The molecule has 21 heavy (non-hydrogen) atoms. The summed E-state index contributed by atoms with van der Waals surface area (Å²) >= 11 is 0. The van der Waals surface area contributed by atoms with Crippen LogP contribution in [-0.2, 0) is 0 Å². The number of rotatable bonds is 5. The number of aliphatic hydroxyl groups is 1. The van der Waals surface area contributed by atoms with Crippen molar-refractivity contribution in [2.45, 2.75) is 13.0 Å². The van der Waals surface area contributed by atoms with Crippen LogP contribution < -0.4 is 9.47 Å². The van der Waals surface area contributed by atoms with Gasteiger partial charge in [-0.25, -0.2) is 4.98 Å². The van der Waals surface area contributed by atoms with Gasteiger partial charge in [0.1, 0.15) is 5.75 Å². The Morgan fingerprint density at radius 2 is 2.14 bits per heavy atom. The number of aliphatic hydroxyl groups excluding tert-OH is 1. The molecule has 1 atom stereocenters. The predicted octanol–water partition coefficient (Wildman–Crippen LogP) is 2.84. The molecule has 0 aliphatic rings. The number of nitro groups is 1. The zero-order chi connectivity index (χ0) is 15.4. The molecule has 7 nitrogen and oxygen atoms in total. The highest BCUT2D eigenvalue weighted by Crippen LogP contribution is 2.36. The van der Waals surface area contributed by atoms with Crippen molar-refractivity contribution in [2.75, 3.05) is 7.11 Å². The highest BCUT2D eigenvalue weighted by Gasteiger charge is 2.19. The summed E-state index contributed by atoms with van der Waals surface area (Å²) in [5.74, 6) is 0.536. The van der Waals surface area contributed by atoms with Crippen molar-refractivity contribution in [2.24, 2.45) is 0 Å². The van der Waals surface area contributed by atoms with Gasteiger partial charge in [-0.15, -0.1) is 0 Å². The van der Waals surface area contributed by atoms with E-state index in [1.54, 1.807) is 19.1 Å². The lowest BCUT2D eigenvalue weighted by Crippen LogP contribution is -2.00. The zero-order valence-electron chi connectivity index (χ0n) is 11.5. The molecule has 0 saturated heterocycles. The van der Waals surface area contributed by atoms with E-state index in [2.05, 4.69) is 4.98 Å². The molecular weight excluding hydrogens is 276 g/mol. The van der Waals surface area contributed by atoms with Crippen LogP contribution in [0.15, 0.2) is 36.5 Å². The lowest BCUT2D eigenvalue weighted by molar-refractivity contribution is -0.385. The maximum Gasteiger partial charge on any atom is 0.311 e. The Balaban J connectivity index is 2.45. The van der Waals surface area contributed by atoms with Crippen molar-refractivity contribution < 1.29 is 19.5 Å². The fraction of sp³-hybridized carbons (Fsp3) is 0.214. The van der Waals surface area contributed by atoms with Gasteiger partial charge in [-0.1, -0.05) is 0 Å². The summed E-state index contributed by atoms with van der Waals surface area (Å²) in [5.41, 5.74) is 0.229. The zero-order valence-corrected chi connectivity index (χ0v) is 11.5. The van der Waals surface area contributed by atoms with Crippen molar-refractivity contribution in [1.82, 2.24) is 4.98 Å². The molecule has 1 N–H and O–H groups in total. The van der Waals surface area contributed by atoms with Gasteiger partial charge < -0.3 is 14.6 Å². The molecule has 1 heterocycles. The van der Waals surface area contributed by atoms with Crippen LogP contribution in [0.2, 0.25) is 0 Å². The first-order valence-electron chi connectivity index (χ1n) is 6.16. The van der Waals surface area contributed by atoms with Crippen molar-refractivity contribution in [3.05, 3.63) is 52.2 Å². The predicted molar refractivity (Wildman–Crippen MR) is 74.6 cm³/mol. The minimum Gasteiger partial charge on any atom is -0.497 e. The molecule has 0 bridgehead atoms. The summed E-state index contributed by atoms with van der Waals surface area (Å²) in [5, 5.41) is 20.7. The molecule has 0 radical (unpaired) electrons. The van der Waals surface area contributed by atoms with E-state index < -0.39 is 11.0 Å². The number of nitrogens with zero attached hydrogens (tertiary/aromatic N) is 2. The third-order valence-corrected chi connectivity index (χ3v) is 2.82. The summed E-state index contributed by atoms with van der Waals surface area (Å²) < 4.78 is 10.5. The number of hydrogen-bond acceptors (Lipinski definition) is 6. The standard InChI is InChI=1S/C14H14N2O5/c1-9(17)11-4-3-7-15-14(11)21-13-8-10(20-2)5-6-12(13)16(18)19/h3-9,17H,1-2H3/t9-/m0/s1. The summed E-state index contributed by atoms with van der Waals surface area (Å²) in [6.07, 6.45) is 0.672. The average molecular weight is 290 g/mol. The summed E-state index contributed by atoms with van der Waals surface area (Å²) in [7, 11) is 1.45. The Bertz CT molecular complexity index is 658. The number of nitro benzene ring substituents is 1. The largest absolute Gasteiger partial charge is 0.497 e. The molecule has 0 aliphatic carbocycles. The highest BCUT2D eigenvalue weighted by atomic mass is 16.6. The first kappa shape index (κ1) is 14.7. The van der Waals surface area contributed by atoms with Gasteiger partial charge in [0.05, 0.1) is 18.1 Å². The van der Waals surface area contributed by atoms with Crippen molar-refractivity contribution in [3.8, 4) is 17.4 Å². The highest BCUT2D eigenvalue weighted by molar-refractivity contribution is 5.52. The van der Waals surface area contributed by atoms with E-state index in [0.717, 1.165) is 0 Å². The third kappa shape index (κ3) is 3.26. The topological polar surface area (TPSA) is 94.7 Å². The van der Waals surface area contributed by atoms with Gasteiger partial charge in [-0.2, -0.15) is 0 Å². The maximum atomic E-state index is 11.0. The van der Waals surface area contributed by atoms with Crippen LogP contribution in [0, 0.1) is 10.1 Å². The number of hydrogen-bond donors (Lipinski definition) is 1. The van der Waals surface area contributed by atoms with Gasteiger partial charge >= 0.3 is 5.69 Å². The van der Waals surface area contributed by atoms with Gasteiger partial charge in [0.25, 0.3) is 0 Å². The SMILES string of the molecule is COc1ccc([N+](=O)[O-])c(Oc2ncccc2[C@H](C)O)c1. The molecule has 0 saturated carbocycles. The lowest BCUT2D eigenvalue weighted by Gasteiger charge is -2.12. The minimum absolute atomic E-state index is 0.0000463. The molecule has 110 valence electrons. The van der Waals surface area contributed by atoms with Crippen LogP contribution in [0.1, 0.15) is 18.6 Å². The normalized spacial score (nSPS) is 11.8. The second kappa shape index (κ2) is 6.19. The number of ether oxygens (including phenoxy) is 2. The summed E-state index contributed by atoms with van der Waals surface area (Å²) in [4.78, 5) is 14.5. The first-order chi connectivity index (χ1) is 10.0. The molecule has 0 unspecified atom stereocenters. The number of benzene rings is 1. The number of methoxy groups -OCH3 is 1. The van der Waals surface area contributed by atoms with Gasteiger partial charge in [0.2, 0.25) is 11.6 Å². The van der Waals surface area contributed by atoms with Gasteiger partial charge in [0, 0.05) is 23.9 Å². The molecule has 1 aromatic carbocycles. The van der Waals surface area contributed by atoms with E-state index in [0.29, 0.717) is 11.3 Å². The smallest absolute Gasteiger partial charge is 0.311 e. The van der Waals surface area contributed by atoms with E-state index in [-0.39, 0.29) is 17.3 Å². The third-order valence-electron chi connectivity index (χ3n) is 2.82. The Labute approximate surface area is 120 Å². The van der Waals surface area contributed by atoms with E-state index in [9.17, 15) is 15.2 Å². The van der Waals surface area contributed by atoms with E-state index in [1.807, 2.05) is 0 Å². The quantitative estimate of drug-likeness (QED) is 0.672. The minimum atomic E-state index is -0.807. The van der Waals surface area contributed by atoms with Crippen LogP contribution in [-0.4, -0.2) is 22.1 Å². The van der Waals surface area contributed by atoms with E-state index in [1.165, 1.54) is 31.5 Å². The molecule has 1 aromatic heterocycles. The van der Waals surface area contributed by atoms with Crippen LogP contribution in [0.3, 0.4) is 0 Å². The van der Waals surface area contributed by atoms with E-state index in [4.69, 9.17) is 9.47 Å². The summed E-state index contributed by atoms with van der Waals surface area (Å²) in [6.45, 7) is 1.56. The van der Waals surface area contributed by atoms with Crippen LogP contribution in [0.25, 0.3) is 0 Å². The van der Waals surface area contributed by atoms with Crippen molar-refractivity contribution >= 4 is 5.69 Å². The number of aromatic nitrogens is 1. The Morgan fingerprint density at radius 3 is 2.76 bits per heavy atom. The second-order valence-electron chi connectivity index (χ2n) is 4.27. The van der Waals surface area contributed by atoms with E-state index >= 15 is 0 Å². The van der Waals surface area contributed by atoms with Crippen LogP contribution in [0.5, 0.6) is 17.4 Å². The molecule has 0 fully saturated rings. The summed E-state index contributed by atoms with van der Waals surface area (Å²) in [6, 6.07) is 7.45. The van der Waals surface area contributed by atoms with Crippen molar-refractivity contribution in [3.63, 3.8) is 0 Å². The monoisotopic (exact) mass is 290 g/mol. The number of pyridine rings is 1. The molecule has 7 heteroatoms. The average Bonchev–Trinajstić information content (AvgIpc) is 2.47. The van der Waals surface area contributed by atoms with Gasteiger partial charge in [-0.3, -0.25) is 10.1 Å². The first-order valence-corrected chi connectivity index (χ1v) is 6.16. The maximum absolute atomic E-state index is 11.0. The van der Waals surface area contributed by atoms with Gasteiger partial charge in [-0.05, 0) is 25.1 Å². The molecule has 0 amide bonds. The fourth-order valence-electron chi connectivity index (χ4n) is 1.76. The molecule has 2 rings (SSSR count).